The quantitative estimate of drug-likeness (QED) is 0.375. The highest BCUT2D eigenvalue weighted by Crippen LogP contribution is 2.34. The summed E-state index contributed by atoms with van der Waals surface area (Å²) in [5, 5.41) is 8.49. The minimum absolute atomic E-state index is 0.0226. The van der Waals surface area contributed by atoms with E-state index in [1.165, 1.54) is 6.20 Å². The number of amides is 1. The summed E-state index contributed by atoms with van der Waals surface area (Å²) in [4.78, 5) is 27.6. The number of carbonyl (C=O) groups is 1. The fourth-order valence-corrected chi connectivity index (χ4v) is 3.33. The van der Waals surface area contributed by atoms with Gasteiger partial charge in [0.25, 0.3) is 6.01 Å². The molecule has 1 aliphatic rings. The minimum atomic E-state index is -4.63. The van der Waals surface area contributed by atoms with Gasteiger partial charge < -0.3 is 29.6 Å². The molecule has 0 unspecified atom stereocenters. The molecule has 11 nitrogen and oxygen atoms in total. The van der Waals surface area contributed by atoms with Crippen molar-refractivity contribution in [3.63, 3.8) is 0 Å². The lowest BCUT2D eigenvalue weighted by atomic mass is 10.3. The van der Waals surface area contributed by atoms with Gasteiger partial charge in [0.05, 0.1) is 25.8 Å². The molecule has 1 aliphatic heterocycles. The van der Waals surface area contributed by atoms with Crippen molar-refractivity contribution in [3.05, 3.63) is 18.0 Å². The molecule has 0 saturated carbocycles. The number of ether oxygens (including phenoxy) is 1. The van der Waals surface area contributed by atoms with Crippen molar-refractivity contribution in [3.8, 4) is 0 Å². The van der Waals surface area contributed by atoms with Gasteiger partial charge in [-0.2, -0.15) is 23.1 Å². The SMILES string of the molecule is CN(C)CCCNc1ncc(Nc2ncc(C(F)(F)F)c(NCCCN3CCOCCC3=O)n2)o1. The summed E-state index contributed by atoms with van der Waals surface area (Å²) in [5.74, 6) is -0.268. The van der Waals surface area contributed by atoms with Crippen LogP contribution in [0.3, 0.4) is 0 Å². The summed E-state index contributed by atoms with van der Waals surface area (Å²) in [5.41, 5.74) is -0.983. The van der Waals surface area contributed by atoms with Gasteiger partial charge in [-0.25, -0.2) is 4.98 Å². The number of rotatable bonds is 12. The Bertz CT molecular complexity index is 954. The number of aromatic nitrogens is 3. The third-order valence-corrected chi connectivity index (χ3v) is 5.11. The minimum Gasteiger partial charge on any atom is -0.407 e. The molecule has 3 N–H and O–H groups in total. The Kier molecular flexibility index (Phi) is 9.48. The fraction of sp³-hybridized carbons (Fsp3) is 0.619. The maximum atomic E-state index is 13.5. The molecule has 2 aromatic rings. The van der Waals surface area contributed by atoms with Gasteiger partial charge in [-0.05, 0) is 33.5 Å². The van der Waals surface area contributed by atoms with Crippen LogP contribution in [0.25, 0.3) is 0 Å². The van der Waals surface area contributed by atoms with Crippen LogP contribution < -0.4 is 16.0 Å². The lowest BCUT2D eigenvalue weighted by Gasteiger charge is -2.20. The lowest BCUT2D eigenvalue weighted by molar-refractivity contribution is -0.137. The Morgan fingerprint density at radius 3 is 2.69 bits per heavy atom. The summed E-state index contributed by atoms with van der Waals surface area (Å²) in [6, 6.07) is 0.282. The van der Waals surface area contributed by atoms with Gasteiger partial charge in [-0.1, -0.05) is 0 Å². The highest BCUT2D eigenvalue weighted by atomic mass is 19.4. The zero-order chi connectivity index (χ0) is 25.3. The van der Waals surface area contributed by atoms with E-state index in [1.54, 1.807) is 4.90 Å². The molecule has 35 heavy (non-hydrogen) atoms. The molecule has 3 rings (SSSR count). The second kappa shape index (κ2) is 12.5. The first-order valence-corrected chi connectivity index (χ1v) is 11.4. The molecule has 1 saturated heterocycles. The second-order valence-electron chi connectivity index (χ2n) is 8.22. The molecule has 1 fully saturated rings. The largest absolute Gasteiger partial charge is 0.421 e. The van der Waals surface area contributed by atoms with E-state index < -0.39 is 11.7 Å². The van der Waals surface area contributed by atoms with Crippen LogP contribution in [0.5, 0.6) is 0 Å². The standard InChI is InChI=1S/C21H31F3N8O3/c1-31(2)8-3-7-26-20-28-14-16(35-20)29-19-27-13-15(21(22,23)24)18(30-19)25-6-4-9-32-10-12-34-11-5-17(32)33/h13-14H,3-12H2,1-2H3,(H,26,28)(H2,25,27,29,30). The van der Waals surface area contributed by atoms with Crippen molar-refractivity contribution in [2.45, 2.75) is 25.4 Å². The van der Waals surface area contributed by atoms with Crippen LogP contribution in [0.4, 0.5) is 36.8 Å². The fourth-order valence-electron chi connectivity index (χ4n) is 3.33. The van der Waals surface area contributed by atoms with Gasteiger partial charge in [-0.3, -0.25) is 10.1 Å². The first-order chi connectivity index (χ1) is 16.7. The smallest absolute Gasteiger partial charge is 0.407 e. The molecule has 0 radical (unpaired) electrons. The molecule has 3 heterocycles. The van der Waals surface area contributed by atoms with E-state index in [0.29, 0.717) is 51.9 Å². The Morgan fingerprint density at radius 2 is 1.91 bits per heavy atom. The van der Waals surface area contributed by atoms with Gasteiger partial charge >= 0.3 is 6.18 Å². The molecule has 0 bridgehead atoms. The molecule has 2 aromatic heterocycles. The lowest BCUT2D eigenvalue weighted by Crippen LogP contribution is -2.33. The summed E-state index contributed by atoms with van der Waals surface area (Å²) in [6.07, 6.45) is -0.888. The van der Waals surface area contributed by atoms with Crippen LogP contribution in [0.2, 0.25) is 0 Å². The van der Waals surface area contributed by atoms with Crippen molar-refractivity contribution in [1.82, 2.24) is 24.8 Å². The van der Waals surface area contributed by atoms with Gasteiger partial charge in [-0.15, -0.1) is 0 Å². The molecular formula is C21H31F3N8O3. The van der Waals surface area contributed by atoms with Crippen LogP contribution in [-0.4, -0.2) is 90.7 Å². The molecule has 0 atom stereocenters. The number of hydrogen-bond donors (Lipinski definition) is 3. The second-order valence-corrected chi connectivity index (χ2v) is 8.22. The Labute approximate surface area is 201 Å². The zero-order valence-electron chi connectivity index (χ0n) is 19.8. The van der Waals surface area contributed by atoms with Crippen molar-refractivity contribution in [1.29, 1.82) is 0 Å². The predicted octanol–water partition coefficient (Wildman–Crippen LogP) is 2.64. The predicted molar refractivity (Wildman–Crippen MR) is 124 cm³/mol. The first-order valence-electron chi connectivity index (χ1n) is 11.4. The van der Waals surface area contributed by atoms with Crippen LogP contribution in [-0.2, 0) is 15.7 Å². The van der Waals surface area contributed by atoms with Crippen LogP contribution >= 0.6 is 0 Å². The molecule has 0 spiro atoms. The highest BCUT2D eigenvalue weighted by molar-refractivity contribution is 5.76. The van der Waals surface area contributed by atoms with Gasteiger partial charge in [0.1, 0.15) is 11.4 Å². The number of carbonyl (C=O) groups excluding carboxylic acids is 1. The van der Waals surface area contributed by atoms with Gasteiger partial charge in [0.2, 0.25) is 17.7 Å². The van der Waals surface area contributed by atoms with E-state index in [0.717, 1.165) is 13.0 Å². The van der Waals surface area contributed by atoms with Crippen molar-refractivity contribution in [2.24, 2.45) is 0 Å². The normalized spacial score (nSPS) is 14.8. The number of nitrogens with zero attached hydrogens (tertiary/aromatic N) is 5. The number of hydrogen-bond acceptors (Lipinski definition) is 10. The number of halogens is 3. The summed E-state index contributed by atoms with van der Waals surface area (Å²) < 4.78 is 51.1. The first kappa shape index (κ1) is 26.5. The van der Waals surface area contributed by atoms with Crippen LogP contribution in [0.1, 0.15) is 24.8 Å². The van der Waals surface area contributed by atoms with E-state index in [4.69, 9.17) is 9.15 Å². The average Bonchev–Trinajstić information content (AvgIpc) is 3.13. The summed E-state index contributed by atoms with van der Waals surface area (Å²) >= 11 is 0. The third kappa shape index (κ3) is 8.55. The third-order valence-electron chi connectivity index (χ3n) is 5.11. The topological polar surface area (TPSA) is 121 Å². The zero-order valence-corrected chi connectivity index (χ0v) is 19.8. The van der Waals surface area contributed by atoms with Crippen molar-refractivity contribution in [2.75, 3.05) is 76.0 Å². The van der Waals surface area contributed by atoms with Crippen LogP contribution in [0, 0.1) is 0 Å². The molecule has 0 aromatic carbocycles. The monoisotopic (exact) mass is 500 g/mol. The molecule has 1 amide bonds. The molecule has 14 heteroatoms. The number of anilines is 4. The number of nitrogens with one attached hydrogen (secondary N) is 3. The van der Waals surface area contributed by atoms with Gasteiger partial charge in [0, 0.05) is 32.4 Å². The van der Waals surface area contributed by atoms with Gasteiger partial charge in [0.15, 0.2) is 0 Å². The summed E-state index contributed by atoms with van der Waals surface area (Å²) in [7, 11) is 3.96. The van der Waals surface area contributed by atoms with Crippen molar-refractivity contribution >= 4 is 29.6 Å². The maximum absolute atomic E-state index is 13.5. The highest BCUT2D eigenvalue weighted by Gasteiger charge is 2.35. The number of oxazole rings is 1. The van der Waals surface area contributed by atoms with E-state index in [2.05, 4.69) is 35.8 Å². The van der Waals surface area contributed by atoms with E-state index in [-0.39, 0.29) is 36.1 Å². The van der Waals surface area contributed by atoms with Crippen LogP contribution in [0.15, 0.2) is 16.8 Å². The molecule has 194 valence electrons. The molecule has 0 aliphatic carbocycles. The maximum Gasteiger partial charge on any atom is 0.421 e. The Hall–Kier alpha value is -3.13. The Balaban J connectivity index is 1.57. The van der Waals surface area contributed by atoms with E-state index in [9.17, 15) is 18.0 Å². The van der Waals surface area contributed by atoms with Crippen molar-refractivity contribution < 1.29 is 27.1 Å². The molecular weight excluding hydrogens is 469 g/mol. The van der Waals surface area contributed by atoms with E-state index >= 15 is 0 Å². The average molecular weight is 501 g/mol. The summed E-state index contributed by atoms with van der Waals surface area (Å²) in [6.45, 7) is 3.46. The Morgan fingerprint density at radius 1 is 1.11 bits per heavy atom. The van der Waals surface area contributed by atoms with E-state index in [1.807, 2.05) is 14.1 Å². The number of alkyl halides is 3.